The number of nitrogens with zero attached hydrogens (tertiary/aromatic N) is 3. The fourth-order valence-electron chi connectivity index (χ4n) is 3.82. The lowest BCUT2D eigenvalue weighted by atomic mass is 10.1. The van der Waals surface area contributed by atoms with Gasteiger partial charge in [0.1, 0.15) is 10.7 Å². The van der Waals surface area contributed by atoms with Gasteiger partial charge in [-0.3, -0.25) is 10.3 Å². The van der Waals surface area contributed by atoms with E-state index in [1.807, 2.05) is 0 Å². The molecule has 2 aromatic rings. The van der Waals surface area contributed by atoms with Crippen molar-refractivity contribution in [1.29, 1.82) is 0 Å². The zero-order valence-corrected chi connectivity index (χ0v) is 18.7. The van der Waals surface area contributed by atoms with Crippen molar-refractivity contribution in [2.24, 2.45) is 0 Å². The number of aromatic nitrogens is 1. The summed E-state index contributed by atoms with van der Waals surface area (Å²) in [6.07, 6.45) is 1.30. The lowest BCUT2D eigenvalue weighted by Gasteiger charge is -2.26. The third kappa shape index (κ3) is 5.66. The first-order chi connectivity index (χ1) is 15.7. The van der Waals surface area contributed by atoms with Crippen molar-refractivity contribution < 1.29 is 26.4 Å². The number of rotatable bonds is 7. The summed E-state index contributed by atoms with van der Waals surface area (Å²) in [6, 6.07) is 8.25. The molecule has 0 bridgehead atoms. The van der Waals surface area contributed by atoms with Crippen LogP contribution in [0, 0.1) is 0 Å². The molecule has 1 N–H and O–H groups in total. The van der Waals surface area contributed by atoms with Crippen LogP contribution in [-0.4, -0.2) is 43.9 Å². The van der Waals surface area contributed by atoms with Crippen LogP contribution in [0.25, 0.3) is 0 Å². The van der Waals surface area contributed by atoms with E-state index in [4.69, 9.17) is 4.84 Å². The van der Waals surface area contributed by atoms with Gasteiger partial charge in [0.2, 0.25) is 10.0 Å². The predicted octanol–water partition coefficient (Wildman–Crippen LogP) is 3.70. The third-order valence-electron chi connectivity index (χ3n) is 5.66. The summed E-state index contributed by atoms with van der Waals surface area (Å²) >= 11 is 0. The van der Waals surface area contributed by atoms with Crippen molar-refractivity contribution in [3.8, 4) is 0 Å². The summed E-state index contributed by atoms with van der Waals surface area (Å²) in [7, 11) is -3.68. The monoisotopic (exact) mass is 482 g/mol. The maximum absolute atomic E-state index is 12.9. The number of hydrogen-bond donors (Lipinski definition) is 1. The quantitative estimate of drug-likeness (QED) is 0.607. The molecule has 0 aliphatic carbocycles. The SMILES string of the molecule is O=S(=O)(c1ccc(N2CCCC2)nc1)N1CC=C(NOCc2cccc(C(F)(F)F)c2)CC1. The summed E-state index contributed by atoms with van der Waals surface area (Å²) in [4.78, 5) is 11.9. The Hall–Kier alpha value is -2.63. The zero-order valence-electron chi connectivity index (χ0n) is 17.9. The van der Waals surface area contributed by atoms with Gasteiger partial charge in [-0.25, -0.2) is 13.4 Å². The lowest BCUT2D eigenvalue weighted by molar-refractivity contribution is -0.137. The average molecular weight is 483 g/mol. The van der Waals surface area contributed by atoms with Gasteiger partial charge < -0.3 is 4.90 Å². The topological polar surface area (TPSA) is 74.8 Å². The van der Waals surface area contributed by atoms with Crippen LogP contribution < -0.4 is 10.4 Å². The molecule has 0 amide bonds. The predicted molar refractivity (Wildman–Crippen MR) is 117 cm³/mol. The molecule has 0 spiro atoms. The second kappa shape index (κ2) is 9.70. The van der Waals surface area contributed by atoms with Gasteiger partial charge in [0.25, 0.3) is 0 Å². The average Bonchev–Trinajstić information content (AvgIpc) is 3.34. The molecule has 0 radical (unpaired) electrons. The summed E-state index contributed by atoms with van der Waals surface area (Å²) in [6.45, 7) is 2.22. The molecule has 0 saturated carbocycles. The van der Waals surface area contributed by atoms with Crippen molar-refractivity contribution in [2.75, 3.05) is 31.1 Å². The number of sulfonamides is 1. The lowest BCUT2D eigenvalue weighted by Crippen LogP contribution is -2.36. The van der Waals surface area contributed by atoms with E-state index in [0.717, 1.165) is 43.9 Å². The smallest absolute Gasteiger partial charge is 0.357 e. The molecule has 1 aromatic carbocycles. The Bertz CT molecular complexity index is 1100. The third-order valence-corrected chi connectivity index (χ3v) is 7.51. The molecule has 0 atom stereocenters. The Morgan fingerprint density at radius 1 is 1.09 bits per heavy atom. The normalized spacial score (nSPS) is 17.8. The largest absolute Gasteiger partial charge is 0.416 e. The second-order valence-electron chi connectivity index (χ2n) is 7.98. The van der Waals surface area contributed by atoms with E-state index >= 15 is 0 Å². The van der Waals surface area contributed by atoms with Gasteiger partial charge in [-0.1, -0.05) is 12.1 Å². The van der Waals surface area contributed by atoms with Gasteiger partial charge in [-0.15, -0.1) is 0 Å². The first kappa shape index (κ1) is 23.5. The molecule has 1 saturated heterocycles. The Morgan fingerprint density at radius 2 is 1.88 bits per heavy atom. The van der Waals surface area contributed by atoms with Crippen molar-refractivity contribution in [2.45, 2.75) is 36.9 Å². The number of anilines is 1. The van der Waals surface area contributed by atoms with Crippen LogP contribution in [0.1, 0.15) is 30.4 Å². The van der Waals surface area contributed by atoms with Crippen LogP contribution >= 0.6 is 0 Å². The number of hydrogen-bond acceptors (Lipinski definition) is 6. The molecule has 7 nitrogen and oxygen atoms in total. The molecule has 33 heavy (non-hydrogen) atoms. The maximum atomic E-state index is 12.9. The standard InChI is InChI=1S/C22H25F3N4O3S/c23-22(24,25)18-5-3-4-17(14-18)16-32-27-19-8-12-29(13-9-19)33(30,31)20-6-7-21(26-15-20)28-10-1-2-11-28/h3-8,14-15,27H,1-2,9-13,16H2. The highest BCUT2D eigenvalue weighted by atomic mass is 32.2. The van der Waals surface area contributed by atoms with Crippen LogP contribution in [0.2, 0.25) is 0 Å². The van der Waals surface area contributed by atoms with Crippen molar-refractivity contribution in [1.82, 2.24) is 14.8 Å². The van der Waals surface area contributed by atoms with Crippen LogP contribution in [0.4, 0.5) is 19.0 Å². The van der Waals surface area contributed by atoms with Gasteiger partial charge in [0, 0.05) is 44.5 Å². The molecule has 0 unspecified atom stereocenters. The van der Waals surface area contributed by atoms with E-state index < -0.39 is 21.8 Å². The highest BCUT2D eigenvalue weighted by Crippen LogP contribution is 2.29. The first-order valence-corrected chi connectivity index (χ1v) is 12.1. The van der Waals surface area contributed by atoms with Crippen LogP contribution in [0.5, 0.6) is 0 Å². The van der Waals surface area contributed by atoms with E-state index in [1.54, 1.807) is 24.3 Å². The highest BCUT2D eigenvalue weighted by Gasteiger charge is 2.30. The van der Waals surface area contributed by atoms with Crippen LogP contribution in [0.3, 0.4) is 0 Å². The molecular formula is C22H25F3N4O3S. The minimum absolute atomic E-state index is 0.0572. The maximum Gasteiger partial charge on any atom is 0.416 e. The number of pyridine rings is 1. The fourth-order valence-corrected chi connectivity index (χ4v) is 5.15. The molecule has 1 fully saturated rings. The minimum atomic E-state index is -4.41. The van der Waals surface area contributed by atoms with E-state index in [9.17, 15) is 21.6 Å². The molecule has 4 rings (SSSR count). The zero-order chi connectivity index (χ0) is 23.5. The molecule has 3 heterocycles. The van der Waals surface area contributed by atoms with Crippen LogP contribution in [0.15, 0.2) is 59.3 Å². The van der Waals surface area contributed by atoms with Gasteiger partial charge >= 0.3 is 6.18 Å². The van der Waals surface area contributed by atoms with E-state index in [2.05, 4.69) is 15.4 Å². The Balaban J connectivity index is 1.31. The molecular weight excluding hydrogens is 457 g/mol. The molecule has 11 heteroatoms. The number of halogens is 3. The van der Waals surface area contributed by atoms with Gasteiger partial charge in [-0.05, 0) is 48.7 Å². The number of hydroxylamine groups is 1. The van der Waals surface area contributed by atoms with E-state index in [1.165, 1.54) is 16.6 Å². The van der Waals surface area contributed by atoms with Gasteiger partial charge in [-0.2, -0.15) is 17.5 Å². The summed E-state index contributed by atoms with van der Waals surface area (Å²) in [5, 5.41) is 0. The molecule has 178 valence electrons. The first-order valence-electron chi connectivity index (χ1n) is 10.7. The number of benzene rings is 1. The fraction of sp³-hybridized carbons (Fsp3) is 0.409. The summed E-state index contributed by atoms with van der Waals surface area (Å²) < 4.78 is 65.6. The Kier molecular flexibility index (Phi) is 6.91. The molecule has 1 aromatic heterocycles. The highest BCUT2D eigenvalue weighted by molar-refractivity contribution is 7.89. The summed E-state index contributed by atoms with van der Waals surface area (Å²) in [5.41, 5.74) is 3.04. The Morgan fingerprint density at radius 3 is 2.52 bits per heavy atom. The summed E-state index contributed by atoms with van der Waals surface area (Å²) in [5.74, 6) is 0.786. The van der Waals surface area contributed by atoms with Crippen molar-refractivity contribution in [3.05, 3.63) is 65.5 Å². The second-order valence-corrected chi connectivity index (χ2v) is 9.92. The van der Waals surface area contributed by atoms with Crippen molar-refractivity contribution in [3.63, 3.8) is 0 Å². The van der Waals surface area contributed by atoms with Crippen LogP contribution in [-0.2, 0) is 27.6 Å². The molecule has 2 aliphatic heterocycles. The number of nitrogens with one attached hydrogen (secondary N) is 1. The molecule has 2 aliphatic rings. The van der Waals surface area contributed by atoms with Crippen molar-refractivity contribution >= 4 is 15.8 Å². The van der Waals surface area contributed by atoms with Gasteiger partial charge in [0.15, 0.2) is 0 Å². The van der Waals surface area contributed by atoms with Gasteiger partial charge in [0.05, 0.1) is 12.2 Å². The Labute approximate surface area is 190 Å². The number of alkyl halides is 3. The minimum Gasteiger partial charge on any atom is -0.357 e. The van der Waals surface area contributed by atoms with E-state index in [0.29, 0.717) is 17.7 Å². The van der Waals surface area contributed by atoms with E-state index in [-0.39, 0.29) is 24.6 Å².